The lowest BCUT2D eigenvalue weighted by Gasteiger charge is -2.26. The zero-order valence-electron chi connectivity index (χ0n) is 17.3. The van der Waals surface area contributed by atoms with E-state index in [1.807, 2.05) is 6.07 Å². The van der Waals surface area contributed by atoms with E-state index in [2.05, 4.69) is 65.4 Å². The molecule has 0 bridgehead atoms. The summed E-state index contributed by atoms with van der Waals surface area (Å²) in [4.78, 5) is 4.48. The zero-order valence-corrected chi connectivity index (χ0v) is 17.3. The largest absolute Gasteiger partial charge is 0.377 e. The molecule has 6 heteroatoms. The van der Waals surface area contributed by atoms with Gasteiger partial charge >= 0.3 is 0 Å². The molecule has 1 saturated heterocycles. The van der Waals surface area contributed by atoms with E-state index in [-0.39, 0.29) is 0 Å². The van der Waals surface area contributed by atoms with Crippen molar-refractivity contribution in [3.05, 3.63) is 54.6 Å². The summed E-state index contributed by atoms with van der Waals surface area (Å²) in [6.07, 6.45) is 0. The average molecular weight is 401 g/mol. The summed E-state index contributed by atoms with van der Waals surface area (Å²) in [5.74, 6) is 0. The Balaban J connectivity index is 1.60. The summed E-state index contributed by atoms with van der Waals surface area (Å²) in [5, 5.41) is 0. The molecule has 0 amide bonds. The molecule has 29 heavy (non-hydrogen) atoms. The van der Waals surface area contributed by atoms with Gasteiger partial charge in [0.25, 0.3) is 0 Å². The maximum atomic E-state index is 5.72. The summed E-state index contributed by atoms with van der Waals surface area (Å²) in [7, 11) is 2.08. The Morgan fingerprint density at radius 3 is 1.55 bits per heavy atom. The summed E-state index contributed by atoms with van der Waals surface area (Å²) < 4.78 is 22.4. The normalized spacial score (nSPS) is 17.9. The fourth-order valence-corrected chi connectivity index (χ4v) is 3.17. The Morgan fingerprint density at radius 2 is 1.03 bits per heavy atom. The van der Waals surface area contributed by atoms with Crippen molar-refractivity contribution >= 4 is 17.1 Å². The quantitative estimate of drug-likeness (QED) is 0.787. The van der Waals surface area contributed by atoms with Crippen LogP contribution in [0.4, 0.5) is 17.1 Å². The molecule has 6 nitrogen and oxygen atoms in total. The third-order valence-electron chi connectivity index (χ3n) is 4.87. The number of hydrogen-bond acceptors (Lipinski definition) is 6. The van der Waals surface area contributed by atoms with Crippen molar-refractivity contribution < 1.29 is 18.9 Å². The van der Waals surface area contributed by atoms with Gasteiger partial charge in [0.05, 0.1) is 52.9 Å². The Kier molecular flexibility index (Phi) is 9.26. The second-order valence-corrected chi connectivity index (χ2v) is 6.85. The van der Waals surface area contributed by atoms with E-state index in [9.17, 15) is 0 Å². The van der Waals surface area contributed by atoms with Crippen LogP contribution in [0.25, 0.3) is 0 Å². The van der Waals surface area contributed by atoms with Crippen LogP contribution in [-0.4, -0.2) is 73.0 Å². The topological polar surface area (TPSA) is 43.4 Å². The molecule has 2 aromatic rings. The first-order valence-corrected chi connectivity index (χ1v) is 10.3. The Morgan fingerprint density at radius 1 is 0.586 bits per heavy atom. The van der Waals surface area contributed by atoms with Crippen molar-refractivity contribution in [3.8, 4) is 0 Å². The predicted molar refractivity (Wildman–Crippen MR) is 116 cm³/mol. The first-order chi connectivity index (χ1) is 14.3. The van der Waals surface area contributed by atoms with Gasteiger partial charge < -0.3 is 28.7 Å². The molecule has 1 fully saturated rings. The van der Waals surface area contributed by atoms with Crippen molar-refractivity contribution in [1.82, 2.24) is 0 Å². The van der Waals surface area contributed by atoms with Crippen LogP contribution in [0.15, 0.2) is 54.6 Å². The molecule has 3 rings (SSSR count). The van der Waals surface area contributed by atoms with E-state index in [0.717, 1.165) is 18.8 Å². The van der Waals surface area contributed by atoms with Gasteiger partial charge in [-0.1, -0.05) is 18.2 Å². The highest BCUT2D eigenvalue weighted by Gasteiger charge is 2.09. The lowest BCUT2D eigenvalue weighted by Crippen LogP contribution is -2.31. The van der Waals surface area contributed by atoms with Gasteiger partial charge in [-0.05, 0) is 36.4 Å². The second kappa shape index (κ2) is 12.4. The molecule has 158 valence electrons. The smallest absolute Gasteiger partial charge is 0.0701 e. The molecule has 0 unspecified atom stereocenters. The van der Waals surface area contributed by atoms with Gasteiger partial charge in [-0.3, -0.25) is 0 Å². The van der Waals surface area contributed by atoms with Crippen LogP contribution in [0.2, 0.25) is 0 Å². The van der Waals surface area contributed by atoms with E-state index in [1.54, 1.807) is 0 Å². The van der Waals surface area contributed by atoms with Gasteiger partial charge in [0, 0.05) is 37.2 Å². The monoisotopic (exact) mass is 400 g/mol. The number of anilines is 3. The Bertz CT molecular complexity index is 665. The van der Waals surface area contributed by atoms with Crippen LogP contribution in [0, 0.1) is 0 Å². The number of nitrogens with zero attached hydrogens (tertiary/aromatic N) is 2. The molecule has 0 spiro atoms. The van der Waals surface area contributed by atoms with Crippen molar-refractivity contribution in [2.24, 2.45) is 0 Å². The molecule has 0 N–H and O–H groups in total. The predicted octanol–water partition coefficient (Wildman–Crippen LogP) is 3.34. The molecule has 0 aromatic heterocycles. The molecule has 2 aromatic carbocycles. The van der Waals surface area contributed by atoms with E-state index >= 15 is 0 Å². The number of ether oxygens (including phenoxy) is 4. The summed E-state index contributed by atoms with van der Waals surface area (Å²) >= 11 is 0. The van der Waals surface area contributed by atoms with Crippen molar-refractivity contribution in [3.63, 3.8) is 0 Å². The first kappa shape index (κ1) is 21.6. The van der Waals surface area contributed by atoms with Crippen LogP contribution < -0.4 is 9.80 Å². The minimum atomic E-state index is 0.596. The molecule has 0 aliphatic carbocycles. The molecule has 0 saturated carbocycles. The third-order valence-corrected chi connectivity index (χ3v) is 4.87. The molecule has 1 heterocycles. The molecular formula is C23H32N2O4. The van der Waals surface area contributed by atoms with E-state index in [4.69, 9.17) is 18.9 Å². The van der Waals surface area contributed by atoms with Crippen LogP contribution >= 0.6 is 0 Å². The van der Waals surface area contributed by atoms with Gasteiger partial charge in [0.15, 0.2) is 0 Å². The summed E-state index contributed by atoms with van der Waals surface area (Å²) in [5.41, 5.74) is 3.49. The second-order valence-electron chi connectivity index (χ2n) is 6.85. The molecular weight excluding hydrogens is 368 g/mol. The zero-order chi connectivity index (χ0) is 20.2. The van der Waals surface area contributed by atoms with Gasteiger partial charge in [0.2, 0.25) is 0 Å². The maximum Gasteiger partial charge on any atom is 0.0701 e. The van der Waals surface area contributed by atoms with Crippen molar-refractivity contribution in [2.75, 3.05) is 82.8 Å². The van der Waals surface area contributed by atoms with E-state index in [0.29, 0.717) is 52.9 Å². The molecule has 0 atom stereocenters. The Hall–Kier alpha value is -2.12. The van der Waals surface area contributed by atoms with Crippen LogP contribution in [0.5, 0.6) is 0 Å². The standard InChI is InChI=1S/C23H32N2O4/c1-24(21-5-3-2-4-6-21)22-7-9-23(10-8-22)25-11-13-26-15-17-28-19-20-29-18-16-27-14-12-25/h2-10H,11-20H2,1H3. The van der Waals surface area contributed by atoms with Crippen molar-refractivity contribution in [1.29, 1.82) is 0 Å². The van der Waals surface area contributed by atoms with Gasteiger partial charge in [-0.2, -0.15) is 0 Å². The maximum absolute atomic E-state index is 5.72. The Labute approximate surface area is 173 Å². The SMILES string of the molecule is CN(c1ccccc1)c1ccc(N2CCOCCOCCOCCOCC2)cc1. The summed E-state index contributed by atoms with van der Waals surface area (Å²) in [6.45, 7) is 6.54. The van der Waals surface area contributed by atoms with Gasteiger partial charge in [0.1, 0.15) is 0 Å². The van der Waals surface area contributed by atoms with Crippen LogP contribution in [0.3, 0.4) is 0 Å². The minimum absolute atomic E-state index is 0.596. The minimum Gasteiger partial charge on any atom is -0.377 e. The lowest BCUT2D eigenvalue weighted by molar-refractivity contribution is 0.00206. The molecule has 0 radical (unpaired) electrons. The summed E-state index contributed by atoms with van der Waals surface area (Å²) in [6, 6.07) is 19.0. The van der Waals surface area contributed by atoms with Crippen LogP contribution in [0.1, 0.15) is 0 Å². The first-order valence-electron chi connectivity index (χ1n) is 10.3. The average Bonchev–Trinajstić information content (AvgIpc) is 2.79. The fraction of sp³-hybridized carbons (Fsp3) is 0.478. The number of hydrogen-bond donors (Lipinski definition) is 0. The van der Waals surface area contributed by atoms with Gasteiger partial charge in [-0.15, -0.1) is 0 Å². The number of rotatable bonds is 3. The van der Waals surface area contributed by atoms with Gasteiger partial charge in [-0.25, -0.2) is 0 Å². The molecule has 1 aliphatic rings. The third kappa shape index (κ3) is 7.33. The highest BCUT2D eigenvalue weighted by molar-refractivity contribution is 5.65. The molecule has 1 aliphatic heterocycles. The van der Waals surface area contributed by atoms with Crippen molar-refractivity contribution in [2.45, 2.75) is 0 Å². The highest BCUT2D eigenvalue weighted by atomic mass is 16.6. The van der Waals surface area contributed by atoms with E-state index < -0.39 is 0 Å². The number of benzene rings is 2. The fourth-order valence-electron chi connectivity index (χ4n) is 3.17. The van der Waals surface area contributed by atoms with Crippen LogP contribution in [-0.2, 0) is 18.9 Å². The lowest BCUT2D eigenvalue weighted by atomic mass is 10.2. The highest BCUT2D eigenvalue weighted by Crippen LogP contribution is 2.25. The number of para-hydroxylation sites is 1. The van der Waals surface area contributed by atoms with E-state index in [1.165, 1.54) is 11.4 Å².